The van der Waals surface area contributed by atoms with Gasteiger partial charge in [0, 0.05) is 25.4 Å². The molecule has 1 aliphatic rings. The van der Waals surface area contributed by atoms with Gasteiger partial charge in [-0.25, -0.2) is 9.97 Å². The monoisotopic (exact) mass is 207 g/mol. The van der Waals surface area contributed by atoms with Crippen LogP contribution >= 0.6 is 0 Å². The molecule has 1 unspecified atom stereocenters. The number of anilines is 1. The van der Waals surface area contributed by atoms with Crippen LogP contribution in [0.1, 0.15) is 37.4 Å². The van der Waals surface area contributed by atoms with Gasteiger partial charge in [-0.3, -0.25) is 0 Å². The standard InChI is InChI=1S/C11H17N3O/c1-3-8-7-10(12-2)14-11(13-8)9-5-4-6-15-9/h7,9H,3-6H2,1-2H3,(H,12,13,14). The molecule has 1 aliphatic heterocycles. The predicted octanol–water partition coefficient (Wildman–Crippen LogP) is 1.93. The summed E-state index contributed by atoms with van der Waals surface area (Å²) in [6, 6.07) is 1.98. The van der Waals surface area contributed by atoms with Gasteiger partial charge in [-0.1, -0.05) is 6.92 Å². The second kappa shape index (κ2) is 4.57. The van der Waals surface area contributed by atoms with E-state index in [1.165, 1.54) is 0 Å². The molecule has 2 heterocycles. The smallest absolute Gasteiger partial charge is 0.159 e. The number of rotatable bonds is 3. The molecule has 0 amide bonds. The highest BCUT2D eigenvalue weighted by Gasteiger charge is 2.21. The van der Waals surface area contributed by atoms with Crippen LogP contribution in [0.25, 0.3) is 0 Å². The number of hydrogen-bond acceptors (Lipinski definition) is 4. The largest absolute Gasteiger partial charge is 0.373 e. The molecule has 0 radical (unpaired) electrons. The Hall–Kier alpha value is -1.16. The van der Waals surface area contributed by atoms with Crippen LogP contribution in [-0.2, 0) is 11.2 Å². The van der Waals surface area contributed by atoms with Crippen LogP contribution in [0.3, 0.4) is 0 Å². The van der Waals surface area contributed by atoms with E-state index in [1.54, 1.807) is 0 Å². The van der Waals surface area contributed by atoms with E-state index in [-0.39, 0.29) is 6.10 Å². The van der Waals surface area contributed by atoms with E-state index in [1.807, 2.05) is 13.1 Å². The lowest BCUT2D eigenvalue weighted by molar-refractivity contribution is 0.105. The number of aromatic nitrogens is 2. The van der Waals surface area contributed by atoms with Gasteiger partial charge in [0.2, 0.25) is 0 Å². The van der Waals surface area contributed by atoms with Crippen LogP contribution in [0.4, 0.5) is 5.82 Å². The van der Waals surface area contributed by atoms with Crippen molar-refractivity contribution in [3.63, 3.8) is 0 Å². The van der Waals surface area contributed by atoms with Gasteiger partial charge in [0.15, 0.2) is 5.82 Å². The fourth-order valence-electron chi connectivity index (χ4n) is 1.75. The summed E-state index contributed by atoms with van der Waals surface area (Å²) in [5.74, 6) is 1.71. The topological polar surface area (TPSA) is 47.0 Å². The molecule has 1 atom stereocenters. The van der Waals surface area contributed by atoms with Crippen LogP contribution in [0, 0.1) is 0 Å². The molecule has 1 saturated heterocycles. The number of nitrogens with one attached hydrogen (secondary N) is 1. The summed E-state index contributed by atoms with van der Waals surface area (Å²) in [6.07, 6.45) is 3.18. The van der Waals surface area contributed by atoms with Gasteiger partial charge in [0.1, 0.15) is 11.9 Å². The SMILES string of the molecule is CCc1cc(NC)nc(C2CCCO2)n1. The highest BCUT2D eigenvalue weighted by molar-refractivity contribution is 5.35. The molecule has 0 spiro atoms. The Bertz CT molecular complexity index is 312. The van der Waals surface area contributed by atoms with E-state index < -0.39 is 0 Å². The molecule has 1 N–H and O–H groups in total. The minimum absolute atomic E-state index is 0.101. The molecule has 0 aliphatic carbocycles. The maximum atomic E-state index is 5.59. The third-order valence-corrected chi connectivity index (χ3v) is 2.63. The first kappa shape index (κ1) is 10.4. The molecule has 2 rings (SSSR count). The Kier molecular flexibility index (Phi) is 3.16. The molecule has 0 bridgehead atoms. The fraction of sp³-hybridized carbons (Fsp3) is 0.636. The van der Waals surface area contributed by atoms with E-state index in [4.69, 9.17) is 4.74 Å². The molecule has 4 nitrogen and oxygen atoms in total. The van der Waals surface area contributed by atoms with Gasteiger partial charge in [0.25, 0.3) is 0 Å². The van der Waals surface area contributed by atoms with Gasteiger partial charge in [-0.05, 0) is 19.3 Å². The highest BCUT2D eigenvalue weighted by Crippen LogP contribution is 2.26. The van der Waals surface area contributed by atoms with E-state index in [2.05, 4.69) is 22.2 Å². The summed E-state index contributed by atoms with van der Waals surface area (Å²) in [7, 11) is 1.88. The third kappa shape index (κ3) is 2.26. The Morgan fingerprint density at radius 1 is 1.53 bits per heavy atom. The summed E-state index contributed by atoms with van der Waals surface area (Å²) in [5.41, 5.74) is 1.07. The number of nitrogens with zero attached hydrogens (tertiary/aromatic N) is 2. The van der Waals surface area contributed by atoms with Crippen LogP contribution in [0.2, 0.25) is 0 Å². The molecule has 0 saturated carbocycles. The van der Waals surface area contributed by atoms with Crippen molar-refractivity contribution in [3.8, 4) is 0 Å². The molecule has 1 aromatic rings. The Morgan fingerprint density at radius 3 is 3.00 bits per heavy atom. The second-order valence-electron chi connectivity index (χ2n) is 3.71. The predicted molar refractivity (Wildman–Crippen MR) is 58.9 cm³/mol. The first-order valence-corrected chi connectivity index (χ1v) is 5.50. The average Bonchev–Trinajstić information content (AvgIpc) is 2.81. The number of aryl methyl sites for hydroxylation is 1. The van der Waals surface area contributed by atoms with Crippen molar-refractivity contribution in [1.29, 1.82) is 0 Å². The van der Waals surface area contributed by atoms with Gasteiger partial charge in [-0.15, -0.1) is 0 Å². The van der Waals surface area contributed by atoms with Gasteiger partial charge in [-0.2, -0.15) is 0 Å². The van der Waals surface area contributed by atoms with E-state index >= 15 is 0 Å². The average molecular weight is 207 g/mol. The summed E-state index contributed by atoms with van der Waals surface area (Å²) < 4.78 is 5.59. The molecular weight excluding hydrogens is 190 g/mol. The summed E-state index contributed by atoms with van der Waals surface area (Å²) in [4.78, 5) is 8.94. The summed E-state index contributed by atoms with van der Waals surface area (Å²) in [5, 5.41) is 3.06. The summed E-state index contributed by atoms with van der Waals surface area (Å²) >= 11 is 0. The van der Waals surface area contributed by atoms with Crippen molar-refractivity contribution >= 4 is 5.82 Å². The quantitative estimate of drug-likeness (QED) is 0.822. The van der Waals surface area contributed by atoms with Crippen LogP contribution < -0.4 is 5.32 Å². The van der Waals surface area contributed by atoms with E-state index in [0.717, 1.165) is 43.2 Å². The van der Waals surface area contributed by atoms with Crippen molar-refractivity contribution < 1.29 is 4.74 Å². The zero-order valence-electron chi connectivity index (χ0n) is 9.29. The molecule has 0 aromatic carbocycles. The van der Waals surface area contributed by atoms with Crippen molar-refractivity contribution in [2.45, 2.75) is 32.3 Å². The second-order valence-corrected chi connectivity index (χ2v) is 3.71. The lowest BCUT2D eigenvalue weighted by Crippen LogP contribution is -2.07. The summed E-state index contributed by atoms with van der Waals surface area (Å²) in [6.45, 7) is 2.93. The zero-order valence-corrected chi connectivity index (χ0v) is 9.29. The van der Waals surface area contributed by atoms with E-state index in [0.29, 0.717) is 0 Å². The third-order valence-electron chi connectivity index (χ3n) is 2.63. The maximum Gasteiger partial charge on any atom is 0.159 e. The Balaban J connectivity index is 2.28. The van der Waals surface area contributed by atoms with E-state index in [9.17, 15) is 0 Å². The highest BCUT2D eigenvalue weighted by atomic mass is 16.5. The van der Waals surface area contributed by atoms with Crippen molar-refractivity contribution in [2.24, 2.45) is 0 Å². The van der Waals surface area contributed by atoms with Crippen molar-refractivity contribution in [3.05, 3.63) is 17.6 Å². The Morgan fingerprint density at radius 2 is 2.40 bits per heavy atom. The lowest BCUT2D eigenvalue weighted by Gasteiger charge is -2.11. The molecule has 4 heteroatoms. The molecule has 82 valence electrons. The van der Waals surface area contributed by atoms with Crippen molar-refractivity contribution in [2.75, 3.05) is 19.0 Å². The van der Waals surface area contributed by atoms with Crippen LogP contribution in [0.5, 0.6) is 0 Å². The maximum absolute atomic E-state index is 5.59. The molecule has 1 aromatic heterocycles. The molecule has 1 fully saturated rings. The number of ether oxygens (including phenoxy) is 1. The fourth-order valence-corrected chi connectivity index (χ4v) is 1.75. The van der Waals surface area contributed by atoms with Crippen molar-refractivity contribution in [1.82, 2.24) is 9.97 Å². The molecular formula is C11H17N3O. The first-order chi connectivity index (χ1) is 7.33. The zero-order chi connectivity index (χ0) is 10.7. The van der Waals surface area contributed by atoms with Gasteiger partial charge in [0.05, 0.1) is 0 Å². The number of hydrogen-bond donors (Lipinski definition) is 1. The first-order valence-electron chi connectivity index (χ1n) is 5.50. The molecule has 15 heavy (non-hydrogen) atoms. The van der Waals surface area contributed by atoms with Crippen LogP contribution in [-0.4, -0.2) is 23.6 Å². The normalized spacial score (nSPS) is 20.5. The Labute approximate surface area is 90.1 Å². The minimum atomic E-state index is 0.101. The van der Waals surface area contributed by atoms with Gasteiger partial charge < -0.3 is 10.1 Å². The van der Waals surface area contributed by atoms with Crippen LogP contribution in [0.15, 0.2) is 6.07 Å². The lowest BCUT2D eigenvalue weighted by atomic mass is 10.2. The minimum Gasteiger partial charge on any atom is -0.373 e. The van der Waals surface area contributed by atoms with Gasteiger partial charge >= 0.3 is 0 Å².